The number of hydrogen-bond donors (Lipinski definition) is 0. The number of amides is 2. The fraction of sp³-hybridized carbons (Fsp3) is 0.143. The van der Waals surface area contributed by atoms with E-state index in [1.54, 1.807) is 58.6 Å². The molecule has 8 heteroatoms. The van der Waals surface area contributed by atoms with Gasteiger partial charge in [-0.05, 0) is 30.3 Å². The summed E-state index contributed by atoms with van der Waals surface area (Å²) in [7, 11) is 0. The molecule has 0 aliphatic carbocycles. The van der Waals surface area contributed by atoms with Gasteiger partial charge in [-0.3, -0.25) is 14.6 Å². The number of benzene rings is 1. The van der Waals surface area contributed by atoms with Gasteiger partial charge in [0, 0.05) is 41.6 Å². The van der Waals surface area contributed by atoms with Gasteiger partial charge < -0.3 is 9.80 Å². The first-order chi connectivity index (χ1) is 14.0. The molecule has 1 unspecified atom stereocenters. The van der Waals surface area contributed by atoms with E-state index >= 15 is 0 Å². The summed E-state index contributed by atoms with van der Waals surface area (Å²) in [4.78, 5) is 38.5. The van der Waals surface area contributed by atoms with Gasteiger partial charge in [0.15, 0.2) is 5.66 Å². The van der Waals surface area contributed by atoms with Crippen LogP contribution in [-0.2, 0) is 5.66 Å². The maximum Gasteiger partial charge on any atom is 0.274 e. The molecule has 0 N–H and O–H groups in total. The summed E-state index contributed by atoms with van der Waals surface area (Å²) in [5, 5.41) is 0.803. The SMILES string of the molecule is O=C(c1cccc(Cl)n1)N1CCN2C(=O)c3ccncc3C12c1ccc(Cl)cc1. The molecule has 2 aromatic heterocycles. The minimum Gasteiger partial charge on any atom is -0.306 e. The van der Waals surface area contributed by atoms with Crippen molar-refractivity contribution in [2.75, 3.05) is 13.1 Å². The van der Waals surface area contributed by atoms with E-state index in [1.165, 1.54) is 0 Å². The first-order valence-electron chi connectivity index (χ1n) is 9.00. The first kappa shape index (κ1) is 18.1. The van der Waals surface area contributed by atoms with Crippen molar-refractivity contribution in [2.45, 2.75) is 5.66 Å². The predicted molar refractivity (Wildman–Crippen MR) is 108 cm³/mol. The molecule has 3 aromatic rings. The average molecular weight is 425 g/mol. The predicted octanol–water partition coefficient (Wildman–Crippen LogP) is 3.60. The summed E-state index contributed by atoms with van der Waals surface area (Å²) in [6.45, 7) is 0.748. The fourth-order valence-electron chi connectivity index (χ4n) is 4.28. The summed E-state index contributed by atoms with van der Waals surface area (Å²) in [6.07, 6.45) is 3.23. The van der Waals surface area contributed by atoms with E-state index in [1.807, 2.05) is 12.1 Å². The lowest BCUT2D eigenvalue weighted by molar-refractivity contribution is 0.0371. The van der Waals surface area contributed by atoms with Crippen LogP contribution in [0, 0.1) is 0 Å². The summed E-state index contributed by atoms with van der Waals surface area (Å²) in [5.74, 6) is -0.443. The standard InChI is InChI=1S/C21H14Cl2N4O2/c22-14-6-4-13(5-7-14)21-16-12-24-9-8-15(16)19(28)26(21)10-11-27(21)20(29)17-2-1-3-18(23)25-17/h1-9,12H,10-11H2. The van der Waals surface area contributed by atoms with Crippen molar-refractivity contribution in [1.29, 1.82) is 0 Å². The smallest absolute Gasteiger partial charge is 0.274 e. The Morgan fingerprint density at radius 2 is 1.83 bits per heavy atom. The zero-order chi connectivity index (χ0) is 20.2. The molecular weight excluding hydrogens is 411 g/mol. The summed E-state index contributed by atoms with van der Waals surface area (Å²) in [5.41, 5.74) is 1.07. The van der Waals surface area contributed by atoms with Gasteiger partial charge in [-0.2, -0.15) is 0 Å². The number of nitrogens with zero attached hydrogens (tertiary/aromatic N) is 4. The molecule has 0 radical (unpaired) electrons. The van der Waals surface area contributed by atoms with E-state index in [0.717, 1.165) is 5.56 Å². The minimum absolute atomic E-state index is 0.133. The van der Waals surface area contributed by atoms with Gasteiger partial charge in [0.25, 0.3) is 11.8 Å². The van der Waals surface area contributed by atoms with Crippen LogP contribution in [0.2, 0.25) is 10.2 Å². The van der Waals surface area contributed by atoms with Gasteiger partial charge in [-0.15, -0.1) is 0 Å². The molecule has 1 saturated heterocycles. The van der Waals surface area contributed by atoms with E-state index < -0.39 is 5.66 Å². The van der Waals surface area contributed by atoms with Crippen molar-refractivity contribution in [3.05, 3.63) is 93.5 Å². The van der Waals surface area contributed by atoms with Crippen molar-refractivity contribution in [3.63, 3.8) is 0 Å². The van der Waals surface area contributed by atoms with E-state index in [4.69, 9.17) is 23.2 Å². The van der Waals surface area contributed by atoms with Crippen molar-refractivity contribution >= 4 is 35.0 Å². The Hall–Kier alpha value is -2.96. The molecule has 0 bridgehead atoms. The highest BCUT2D eigenvalue weighted by molar-refractivity contribution is 6.30. The van der Waals surface area contributed by atoms with Gasteiger partial charge in [0.1, 0.15) is 10.8 Å². The van der Waals surface area contributed by atoms with Crippen molar-refractivity contribution < 1.29 is 9.59 Å². The number of rotatable bonds is 2. The average Bonchev–Trinajstić information content (AvgIpc) is 3.24. The number of aromatic nitrogens is 2. The quantitative estimate of drug-likeness (QED) is 0.589. The largest absolute Gasteiger partial charge is 0.306 e. The molecule has 4 heterocycles. The number of fused-ring (bicyclic) bond motifs is 3. The molecule has 144 valence electrons. The fourth-order valence-corrected chi connectivity index (χ4v) is 4.57. The van der Waals surface area contributed by atoms with Crippen LogP contribution >= 0.6 is 23.2 Å². The first-order valence-corrected chi connectivity index (χ1v) is 9.76. The second-order valence-electron chi connectivity index (χ2n) is 6.86. The topological polar surface area (TPSA) is 66.4 Å². The molecule has 29 heavy (non-hydrogen) atoms. The third-order valence-electron chi connectivity index (χ3n) is 5.43. The number of carbonyl (C=O) groups excluding carboxylic acids is 2. The van der Waals surface area contributed by atoms with E-state index in [9.17, 15) is 9.59 Å². The molecule has 1 fully saturated rings. The lowest BCUT2D eigenvalue weighted by Gasteiger charge is -2.40. The molecule has 0 saturated carbocycles. The van der Waals surface area contributed by atoms with E-state index in [-0.39, 0.29) is 22.7 Å². The van der Waals surface area contributed by atoms with Crippen LogP contribution in [0.3, 0.4) is 0 Å². The normalized spacial score (nSPS) is 20.0. The monoisotopic (exact) mass is 424 g/mol. The molecular formula is C21H14Cl2N4O2. The van der Waals surface area contributed by atoms with E-state index in [0.29, 0.717) is 29.2 Å². The van der Waals surface area contributed by atoms with Crippen LogP contribution in [0.25, 0.3) is 0 Å². The Labute approximate surface area is 176 Å². The van der Waals surface area contributed by atoms with Crippen LogP contribution in [-0.4, -0.2) is 44.7 Å². The number of carbonyl (C=O) groups is 2. The van der Waals surface area contributed by atoms with Crippen molar-refractivity contribution in [1.82, 2.24) is 19.8 Å². The highest BCUT2D eigenvalue weighted by Gasteiger charge is 2.60. The van der Waals surface area contributed by atoms with Crippen molar-refractivity contribution in [3.8, 4) is 0 Å². The Balaban J connectivity index is 1.75. The molecule has 1 atom stereocenters. The summed E-state index contributed by atoms with van der Waals surface area (Å²) in [6, 6.07) is 13.8. The number of hydrogen-bond acceptors (Lipinski definition) is 4. The Kier molecular flexibility index (Phi) is 4.08. The van der Waals surface area contributed by atoms with Gasteiger partial charge >= 0.3 is 0 Å². The van der Waals surface area contributed by atoms with Crippen LogP contribution in [0.1, 0.15) is 32.0 Å². The van der Waals surface area contributed by atoms with E-state index in [2.05, 4.69) is 9.97 Å². The molecule has 5 rings (SSSR count). The third kappa shape index (κ3) is 2.49. The summed E-state index contributed by atoms with van der Waals surface area (Å²) < 4.78 is 0. The summed E-state index contributed by atoms with van der Waals surface area (Å²) >= 11 is 12.1. The zero-order valence-corrected chi connectivity index (χ0v) is 16.6. The van der Waals surface area contributed by atoms with Crippen molar-refractivity contribution in [2.24, 2.45) is 0 Å². The number of halogens is 2. The van der Waals surface area contributed by atoms with Crippen LogP contribution < -0.4 is 0 Å². The second-order valence-corrected chi connectivity index (χ2v) is 7.68. The van der Waals surface area contributed by atoms with Gasteiger partial charge in [-0.1, -0.05) is 41.4 Å². The van der Waals surface area contributed by atoms with Gasteiger partial charge in [-0.25, -0.2) is 4.98 Å². The molecule has 2 amide bonds. The molecule has 0 spiro atoms. The maximum atomic E-state index is 13.5. The third-order valence-corrected chi connectivity index (χ3v) is 5.89. The zero-order valence-electron chi connectivity index (χ0n) is 15.0. The van der Waals surface area contributed by atoms with Gasteiger partial charge in [0.05, 0.1) is 5.56 Å². The minimum atomic E-state index is -1.10. The number of pyridine rings is 2. The molecule has 2 aliphatic heterocycles. The maximum absolute atomic E-state index is 13.5. The van der Waals surface area contributed by atoms with Crippen LogP contribution in [0.5, 0.6) is 0 Å². The molecule has 2 aliphatic rings. The Bertz CT molecular complexity index is 1150. The second kappa shape index (κ2) is 6.54. The van der Waals surface area contributed by atoms with Crippen LogP contribution in [0.4, 0.5) is 0 Å². The Morgan fingerprint density at radius 3 is 2.59 bits per heavy atom. The lowest BCUT2D eigenvalue weighted by Crippen LogP contribution is -2.51. The molecule has 6 nitrogen and oxygen atoms in total. The molecule has 1 aromatic carbocycles. The highest BCUT2D eigenvalue weighted by atomic mass is 35.5. The van der Waals surface area contributed by atoms with Crippen LogP contribution in [0.15, 0.2) is 60.9 Å². The Morgan fingerprint density at radius 1 is 1.03 bits per heavy atom. The van der Waals surface area contributed by atoms with Gasteiger partial charge in [0.2, 0.25) is 0 Å². The highest BCUT2D eigenvalue weighted by Crippen LogP contribution is 2.49. The lowest BCUT2D eigenvalue weighted by atomic mass is 9.91.